The molecule has 0 unspecified atom stereocenters. The van der Waals surface area contributed by atoms with Crippen LogP contribution in [0.5, 0.6) is 5.75 Å². The minimum Gasteiger partial charge on any atom is -0.494 e. The first-order valence-corrected chi connectivity index (χ1v) is 8.06. The molecule has 0 spiro atoms. The molecule has 0 amide bonds. The summed E-state index contributed by atoms with van der Waals surface area (Å²) in [5, 5.41) is 3.46. The molecule has 0 radical (unpaired) electrons. The van der Waals surface area contributed by atoms with Gasteiger partial charge < -0.3 is 10.1 Å². The summed E-state index contributed by atoms with van der Waals surface area (Å²) in [5.74, 6) is 1.86. The van der Waals surface area contributed by atoms with Crippen LogP contribution < -0.4 is 10.1 Å². The summed E-state index contributed by atoms with van der Waals surface area (Å²) in [4.78, 5) is 2.67. The lowest BCUT2D eigenvalue weighted by Gasteiger charge is -2.43. The summed E-state index contributed by atoms with van der Waals surface area (Å²) >= 11 is 0. The quantitative estimate of drug-likeness (QED) is 0.893. The standard InChI is InChI=1S/C17H26N2O/c1-2-20-16-8-4-7-15(13-16)17(14-5-3-6-14)19-11-9-18-10-12-19/h4,7-8,13-14,17-18H,2-3,5-6,9-12H2,1H3/t17-/m1/s1. The lowest BCUT2D eigenvalue weighted by atomic mass is 9.76. The number of piperazine rings is 1. The predicted molar refractivity (Wildman–Crippen MR) is 82.1 cm³/mol. The molecule has 1 aliphatic heterocycles. The van der Waals surface area contributed by atoms with E-state index in [1.54, 1.807) is 0 Å². The van der Waals surface area contributed by atoms with Crippen LogP contribution in [-0.2, 0) is 0 Å². The molecule has 0 aromatic heterocycles. The zero-order chi connectivity index (χ0) is 13.8. The van der Waals surface area contributed by atoms with Gasteiger partial charge in [0.25, 0.3) is 0 Å². The third-order valence-electron chi connectivity index (χ3n) is 4.65. The molecule has 1 saturated carbocycles. The molecule has 1 aliphatic carbocycles. The molecule has 3 heteroatoms. The number of rotatable bonds is 5. The van der Waals surface area contributed by atoms with E-state index in [1.165, 1.54) is 37.9 Å². The largest absolute Gasteiger partial charge is 0.494 e. The van der Waals surface area contributed by atoms with E-state index in [-0.39, 0.29) is 0 Å². The van der Waals surface area contributed by atoms with Crippen molar-refractivity contribution in [3.8, 4) is 5.75 Å². The molecular weight excluding hydrogens is 248 g/mol. The van der Waals surface area contributed by atoms with Crippen molar-refractivity contribution >= 4 is 0 Å². The zero-order valence-corrected chi connectivity index (χ0v) is 12.5. The number of nitrogens with one attached hydrogen (secondary N) is 1. The van der Waals surface area contributed by atoms with Crippen molar-refractivity contribution in [2.45, 2.75) is 32.2 Å². The number of benzene rings is 1. The van der Waals surface area contributed by atoms with Gasteiger partial charge in [-0.1, -0.05) is 18.6 Å². The fourth-order valence-electron chi connectivity index (χ4n) is 3.45. The minimum absolute atomic E-state index is 0.589. The van der Waals surface area contributed by atoms with Gasteiger partial charge in [0, 0.05) is 32.2 Å². The molecule has 2 fully saturated rings. The highest BCUT2D eigenvalue weighted by atomic mass is 16.5. The Morgan fingerprint density at radius 2 is 2.10 bits per heavy atom. The Kier molecular flexibility index (Phi) is 4.58. The van der Waals surface area contributed by atoms with Crippen molar-refractivity contribution in [2.24, 2.45) is 5.92 Å². The highest BCUT2D eigenvalue weighted by Crippen LogP contribution is 2.42. The molecule has 2 aliphatic rings. The van der Waals surface area contributed by atoms with E-state index in [9.17, 15) is 0 Å². The summed E-state index contributed by atoms with van der Waals surface area (Å²) in [6.45, 7) is 7.36. The summed E-state index contributed by atoms with van der Waals surface area (Å²) in [5.41, 5.74) is 1.45. The average Bonchev–Trinajstić information content (AvgIpc) is 2.44. The summed E-state index contributed by atoms with van der Waals surface area (Å²) < 4.78 is 5.68. The topological polar surface area (TPSA) is 24.5 Å². The lowest BCUT2D eigenvalue weighted by Crippen LogP contribution is -2.47. The Hall–Kier alpha value is -1.06. The molecule has 1 aromatic carbocycles. The van der Waals surface area contributed by atoms with Crippen molar-refractivity contribution in [3.63, 3.8) is 0 Å². The van der Waals surface area contributed by atoms with E-state index in [1.807, 2.05) is 6.92 Å². The number of hydrogen-bond donors (Lipinski definition) is 1. The Bertz CT molecular complexity index is 425. The Morgan fingerprint density at radius 3 is 2.75 bits per heavy atom. The van der Waals surface area contributed by atoms with Crippen molar-refractivity contribution in [1.29, 1.82) is 0 Å². The van der Waals surface area contributed by atoms with E-state index in [0.717, 1.165) is 31.4 Å². The SMILES string of the molecule is CCOc1cccc([C@@H](C2CCC2)N2CCNCC2)c1. The number of nitrogens with zero attached hydrogens (tertiary/aromatic N) is 1. The fraction of sp³-hybridized carbons (Fsp3) is 0.647. The van der Waals surface area contributed by atoms with Crippen LogP contribution in [0, 0.1) is 5.92 Å². The maximum absolute atomic E-state index is 5.68. The van der Waals surface area contributed by atoms with Crippen LogP contribution in [0.2, 0.25) is 0 Å². The van der Waals surface area contributed by atoms with Crippen LogP contribution in [-0.4, -0.2) is 37.7 Å². The molecule has 3 rings (SSSR count). The van der Waals surface area contributed by atoms with Gasteiger partial charge in [0.15, 0.2) is 0 Å². The first-order valence-electron chi connectivity index (χ1n) is 8.06. The number of ether oxygens (including phenoxy) is 1. The van der Waals surface area contributed by atoms with Crippen LogP contribution in [0.15, 0.2) is 24.3 Å². The molecule has 1 saturated heterocycles. The molecule has 110 valence electrons. The highest BCUT2D eigenvalue weighted by Gasteiger charge is 2.33. The molecule has 1 N–H and O–H groups in total. The van der Waals surface area contributed by atoms with Crippen LogP contribution in [0.25, 0.3) is 0 Å². The first kappa shape index (κ1) is 13.9. The Morgan fingerprint density at radius 1 is 1.30 bits per heavy atom. The number of hydrogen-bond acceptors (Lipinski definition) is 3. The lowest BCUT2D eigenvalue weighted by molar-refractivity contribution is 0.0835. The van der Waals surface area contributed by atoms with Crippen LogP contribution in [0.1, 0.15) is 37.8 Å². The zero-order valence-electron chi connectivity index (χ0n) is 12.5. The minimum atomic E-state index is 0.589. The molecule has 1 aromatic rings. The van der Waals surface area contributed by atoms with Gasteiger partial charge in [0.1, 0.15) is 5.75 Å². The molecule has 3 nitrogen and oxygen atoms in total. The maximum atomic E-state index is 5.68. The van der Waals surface area contributed by atoms with Gasteiger partial charge in [-0.3, -0.25) is 4.90 Å². The van der Waals surface area contributed by atoms with Crippen molar-refractivity contribution in [3.05, 3.63) is 29.8 Å². The highest BCUT2D eigenvalue weighted by molar-refractivity contribution is 5.31. The third kappa shape index (κ3) is 2.99. The molecule has 1 atom stereocenters. The van der Waals surface area contributed by atoms with Crippen LogP contribution >= 0.6 is 0 Å². The van der Waals surface area contributed by atoms with Crippen LogP contribution in [0.3, 0.4) is 0 Å². The normalized spacial score (nSPS) is 22.2. The average molecular weight is 274 g/mol. The van der Waals surface area contributed by atoms with E-state index in [4.69, 9.17) is 4.74 Å². The van der Waals surface area contributed by atoms with Gasteiger partial charge in [0.2, 0.25) is 0 Å². The van der Waals surface area contributed by atoms with E-state index < -0.39 is 0 Å². The summed E-state index contributed by atoms with van der Waals surface area (Å²) in [7, 11) is 0. The Balaban J connectivity index is 1.82. The van der Waals surface area contributed by atoms with Crippen molar-refractivity contribution in [1.82, 2.24) is 10.2 Å². The van der Waals surface area contributed by atoms with E-state index in [2.05, 4.69) is 34.5 Å². The first-order chi connectivity index (χ1) is 9.88. The smallest absolute Gasteiger partial charge is 0.119 e. The monoisotopic (exact) mass is 274 g/mol. The van der Waals surface area contributed by atoms with E-state index in [0.29, 0.717) is 6.04 Å². The van der Waals surface area contributed by atoms with Gasteiger partial charge in [-0.05, 0) is 43.4 Å². The van der Waals surface area contributed by atoms with Crippen molar-refractivity contribution < 1.29 is 4.74 Å². The second-order valence-electron chi connectivity index (χ2n) is 5.93. The van der Waals surface area contributed by atoms with Gasteiger partial charge >= 0.3 is 0 Å². The van der Waals surface area contributed by atoms with Gasteiger partial charge in [-0.25, -0.2) is 0 Å². The molecule has 0 bridgehead atoms. The maximum Gasteiger partial charge on any atom is 0.119 e. The van der Waals surface area contributed by atoms with Gasteiger partial charge in [0.05, 0.1) is 6.61 Å². The second-order valence-corrected chi connectivity index (χ2v) is 5.93. The van der Waals surface area contributed by atoms with Crippen molar-refractivity contribution in [2.75, 3.05) is 32.8 Å². The molecular formula is C17H26N2O. The van der Waals surface area contributed by atoms with Crippen LogP contribution in [0.4, 0.5) is 0 Å². The Labute approximate surface area is 122 Å². The molecule has 20 heavy (non-hydrogen) atoms. The predicted octanol–water partition coefficient (Wildman–Crippen LogP) is 2.83. The summed E-state index contributed by atoms with van der Waals surface area (Å²) in [6, 6.07) is 9.35. The third-order valence-corrected chi connectivity index (χ3v) is 4.65. The van der Waals surface area contributed by atoms with Gasteiger partial charge in [-0.2, -0.15) is 0 Å². The van der Waals surface area contributed by atoms with E-state index >= 15 is 0 Å². The van der Waals surface area contributed by atoms with Gasteiger partial charge in [-0.15, -0.1) is 0 Å². The summed E-state index contributed by atoms with van der Waals surface area (Å²) in [6.07, 6.45) is 4.17. The second kappa shape index (κ2) is 6.59. The molecule has 1 heterocycles. The fourth-order valence-corrected chi connectivity index (χ4v) is 3.45.